The van der Waals surface area contributed by atoms with Gasteiger partial charge >= 0.3 is 0 Å². The van der Waals surface area contributed by atoms with Crippen LogP contribution in [0.4, 0.5) is 5.69 Å². The first kappa shape index (κ1) is 31.1. The Bertz CT molecular complexity index is 1100. The number of amides is 1. The van der Waals surface area contributed by atoms with E-state index in [1.54, 1.807) is 0 Å². The van der Waals surface area contributed by atoms with E-state index < -0.39 is 0 Å². The lowest BCUT2D eigenvalue weighted by Crippen LogP contribution is -2.52. The van der Waals surface area contributed by atoms with E-state index in [4.69, 9.17) is 4.99 Å². The first-order valence-electron chi connectivity index (χ1n) is 14.7. The van der Waals surface area contributed by atoms with Gasteiger partial charge in [0.25, 0.3) is 0 Å². The van der Waals surface area contributed by atoms with E-state index in [9.17, 15) is 4.79 Å². The van der Waals surface area contributed by atoms with Crippen molar-refractivity contribution in [2.24, 2.45) is 4.99 Å². The third kappa shape index (κ3) is 9.36. The number of carbonyl (C=O) groups is 1. The van der Waals surface area contributed by atoms with Crippen molar-refractivity contribution in [1.29, 1.82) is 0 Å². The molecule has 1 saturated heterocycles. The molecule has 0 aliphatic carbocycles. The quantitative estimate of drug-likeness (QED) is 0.423. The molecule has 1 aromatic carbocycles. The summed E-state index contributed by atoms with van der Waals surface area (Å²) in [5.74, 6) is 0.777. The molecule has 8 rings (SSSR count). The van der Waals surface area contributed by atoms with Crippen molar-refractivity contribution in [2.75, 3.05) is 57.7 Å². The van der Waals surface area contributed by atoms with Crippen LogP contribution in [-0.2, 0) is 11.3 Å². The van der Waals surface area contributed by atoms with Crippen molar-refractivity contribution in [1.82, 2.24) is 30.9 Å². The van der Waals surface area contributed by atoms with Gasteiger partial charge in [0.1, 0.15) is 0 Å². The van der Waals surface area contributed by atoms with Crippen molar-refractivity contribution >= 4 is 17.6 Å². The second kappa shape index (κ2) is 16.6. The highest BCUT2D eigenvalue weighted by Gasteiger charge is 2.22. The molecule has 0 radical (unpaired) electrons. The zero-order chi connectivity index (χ0) is 28.7. The van der Waals surface area contributed by atoms with Crippen LogP contribution in [0.5, 0.6) is 0 Å². The Balaban J connectivity index is 0.00000141. The average Bonchev–Trinajstić information content (AvgIpc) is 2.99. The highest BCUT2D eigenvalue weighted by Crippen LogP contribution is 2.18. The molecule has 7 aliphatic heterocycles. The lowest BCUT2D eigenvalue weighted by atomic mass is 10.0. The zero-order valence-electron chi connectivity index (χ0n) is 24.7. The minimum absolute atomic E-state index is 0. The largest absolute Gasteiger partial charge is 0.383 e. The van der Waals surface area contributed by atoms with Crippen LogP contribution < -0.4 is 21.4 Å². The van der Waals surface area contributed by atoms with Crippen molar-refractivity contribution in [2.45, 2.75) is 46.7 Å². The molecule has 1 fully saturated rings. The summed E-state index contributed by atoms with van der Waals surface area (Å²) in [4.78, 5) is 22.5. The van der Waals surface area contributed by atoms with Gasteiger partial charge in [-0.3, -0.25) is 20.0 Å². The number of guanidine groups is 1. The third-order valence-corrected chi connectivity index (χ3v) is 6.84. The molecule has 222 valence electrons. The lowest BCUT2D eigenvalue weighted by Gasteiger charge is -2.35. The number of hydrogen-bond acceptors (Lipinski definition) is 8. The van der Waals surface area contributed by atoms with E-state index in [0.29, 0.717) is 26.2 Å². The first-order valence-corrected chi connectivity index (χ1v) is 14.7. The maximum absolute atomic E-state index is 12.9. The summed E-state index contributed by atoms with van der Waals surface area (Å²) >= 11 is 0. The van der Waals surface area contributed by atoms with Gasteiger partial charge in [-0.05, 0) is 41.8 Å². The number of nitrogens with zero attached hydrogens (tertiary/aromatic N) is 4. The van der Waals surface area contributed by atoms with Crippen molar-refractivity contribution in [3.63, 3.8) is 0 Å². The van der Waals surface area contributed by atoms with Gasteiger partial charge in [-0.25, -0.2) is 10.0 Å². The Morgan fingerprint density at radius 3 is 2.50 bits per heavy atom. The molecule has 7 aliphatic rings. The predicted octanol–water partition coefficient (Wildman–Crippen LogP) is 3.94. The van der Waals surface area contributed by atoms with Crippen molar-refractivity contribution < 1.29 is 7.65 Å². The number of dihydropyridines is 1. The van der Waals surface area contributed by atoms with Gasteiger partial charge < -0.3 is 16.0 Å². The number of hydrogen-bond donors (Lipinski definition) is 4. The molecular weight excluding hydrogens is 500 g/mol. The van der Waals surface area contributed by atoms with Gasteiger partial charge in [0.05, 0.1) is 19.1 Å². The summed E-state index contributed by atoms with van der Waals surface area (Å²) in [5.41, 5.74) is 7.66. The Morgan fingerprint density at radius 2 is 1.80 bits per heavy atom. The number of hydrazine groups is 1. The highest BCUT2D eigenvalue weighted by molar-refractivity contribution is 5.95. The van der Waals surface area contributed by atoms with Gasteiger partial charge in [-0.15, -0.1) is 6.58 Å². The fourth-order valence-corrected chi connectivity index (χ4v) is 4.86. The summed E-state index contributed by atoms with van der Waals surface area (Å²) in [5, 5.41) is 12.2. The number of aliphatic imine (C=N–C) groups is 1. The van der Waals surface area contributed by atoms with Gasteiger partial charge in [-0.2, -0.15) is 0 Å². The first-order chi connectivity index (χ1) is 19.6. The van der Waals surface area contributed by atoms with Gasteiger partial charge in [0, 0.05) is 66.3 Å². The molecule has 0 aromatic heterocycles. The molecule has 1 amide bonds. The predicted molar refractivity (Wildman–Crippen MR) is 171 cm³/mol. The summed E-state index contributed by atoms with van der Waals surface area (Å²) in [6.45, 7) is 18.8. The molecule has 7 heterocycles. The SMILES string of the molecule is C=CCCN1CC2=CC=C(CN2)C2C=CNC(=N2)Nc2cccc(c2)CN2CCN(CC2)CC(=O)N1.CC.CC.[HH].[HH]. The maximum atomic E-state index is 12.9. The van der Waals surface area contributed by atoms with E-state index >= 15 is 0 Å². The van der Waals surface area contributed by atoms with E-state index in [2.05, 4.69) is 80.2 Å². The number of piperazine rings is 1. The Labute approximate surface area is 243 Å². The topological polar surface area (TPSA) is 87.3 Å². The number of carbonyl (C=O) groups excluding carboxylic acids is 1. The molecule has 1 aromatic rings. The van der Waals surface area contributed by atoms with Crippen LogP contribution in [0.15, 0.2) is 77.6 Å². The van der Waals surface area contributed by atoms with E-state index in [-0.39, 0.29) is 14.8 Å². The van der Waals surface area contributed by atoms with Crippen LogP contribution in [0.1, 0.15) is 42.5 Å². The lowest BCUT2D eigenvalue weighted by molar-refractivity contribution is -0.127. The molecule has 9 nitrogen and oxygen atoms in total. The van der Waals surface area contributed by atoms with Crippen LogP contribution in [0.25, 0.3) is 0 Å². The molecule has 0 spiro atoms. The highest BCUT2D eigenvalue weighted by atomic mass is 16.2. The van der Waals surface area contributed by atoms with E-state index in [1.165, 1.54) is 11.1 Å². The van der Waals surface area contributed by atoms with Gasteiger partial charge in [0.15, 0.2) is 0 Å². The molecule has 9 heteroatoms. The van der Waals surface area contributed by atoms with Crippen LogP contribution in [0, 0.1) is 0 Å². The van der Waals surface area contributed by atoms with Gasteiger partial charge in [-0.1, -0.05) is 52.0 Å². The second-order valence-corrected chi connectivity index (χ2v) is 9.62. The zero-order valence-corrected chi connectivity index (χ0v) is 24.7. The van der Waals surface area contributed by atoms with E-state index in [1.807, 2.05) is 45.0 Å². The minimum Gasteiger partial charge on any atom is -0.383 e. The van der Waals surface area contributed by atoms with Crippen LogP contribution in [0.3, 0.4) is 0 Å². The normalized spacial score (nSPS) is 24.4. The van der Waals surface area contributed by atoms with Crippen molar-refractivity contribution in [3.05, 3.63) is 78.2 Å². The fraction of sp³-hybridized carbons (Fsp3) is 0.484. The number of allylic oxidation sites excluding steroid dienone is 2. The molecule has 1 unspecified atom stereocenters. The summed E-state index contributed by atoms with van der Waals surface area (Å²) in [6.07, 6.45) is 10.9. The average molecular weight is 553 g/mol. The third-order valence-electron chi connectivity index (χ3n) is 6.84. The maximum Gasteiger partial charge on any atom is 0.248 e. The standard InChI is InChI=1S/C27H36N8O.2C2H6.2H2/c1-2-3-11-35-19-24-8-7-22(17-29-24)25-9-10-28-27(31-25)30-23-6-4-5-21(16-23)18-33-12-14-34(15-13-33)20-26(36)32-35;2*1-2;;/h2,4-10,16,25,29H,1,3,11-15,17-20H2,(H,32,36)(H2,28,30,31);2*1-2H3;2*1H. The smallest absolute Gasteiger partial charge is 0.248 e. The molecule has 1 atom stereocenters. The summed E-state index contributed by atoms with van der Waals surface area (Å²) in [6, 6.07) is 8.47. The summed E-state index contributed by atoms with van der Waals surface area (Å²) in [7, 11) is 0. The monoisotopic (exact) mass is 552 g/mol. The Kier molecular flexibility index (Phi) is 13.0. The minimum atomic E-state index is -0.0384. The summed E-state index contributed by atoms with van der Waals surface area (Å²) < 4.78 is 0. The van der Waals surface area contributed by atoms with Gasteiger partial charge in [0.2, 0.25) is 11.9 Å². The molecule has 40 heavy (non-hydrogen) atoms. The Morgan fingerprint density at radius 1 is 1.05 bits per heavy atom. The Hall–Kier alpha value is -3.40. The van der Waals surface area contributed by atoms with Crippen LogP contribution in [-0.4, -0.2) is 85.1 Å². The molecule has 8 bridgehead atoms. The van der Waals surface area contributed by atoms with Crippen LogP contribution >= 0.6 is 0 Å². The fourth-order valence-electron chi connectivity index (χ4n) is 4.86. The number of benzene rings is 1. The number of nitrogens with one attached hydrogen (secondary N) is 4. The van der Waals surface area contributed by atoms with E-state index in [0.717, 1.165) is 56.5 Å². The molecule has 0 saturated carbocycles. The number of anilines is 1. The number of rotatable bonds is 3. The molecule has 4 N–H and O–H groups in total. The van der Waals surface area contributed by atoms with Crippen LogP contribution in [0.2, 0.25) is 0 Å². The second-order valence-electron chi connectivity index (χ2n) is 9.62. The van der Waals surface area contributed by atoms with Crippen molar-refractivity contribution in [3.8, 4) is 0 Å². The molecular formula is C31H52N8O.